The van der Waals surface area contributed by atoms with Crippen LogP contribution < -0.4 is 0 Å². The Morgan fingerprint density at radius 1 is 0.846 bits per heavy atom. The second kappa shape index (κ2) is 5.76. The highest BCUT2D eigenvalue weighted by molar-refractivity contribution is 6.29. The zero-order valence-electron chi connectivity index (χ0n) is 14.5. The third-order valence-corrected chi connectivity index (χ3v) is 6.25. The van der Waals surface area contributed by atoms with E-state index in [2.05, 4.69) is 0 Å². The Hall–Kier alpha value is -2.49. The SMILES string of the molecule is O=C1CCC2C3=C(CCCO3)C3=C(C(=O)c4ccccc4C3=O)C2CC1. The van der Waals surface area contributed by atoms with Crippen molar-refractivity contribution < 1.29 is 19.1 Å². The van der Waals surface area contributed by atoms with Crippen LogP contribution in [0.4, 0.5) is 0 Å². The molecule has 1 aromatic carbocycles. The summed E-state index contributed by atoms with van der Waals surface area (Å²) in [7, 11) is 0. The fourth-order valence-electron chi connectivity index (χ4n) is 5.09. The van der Waals surface area contributed by atoms with E-state index in [-0.39, 0.29) is 29.2 Å². The molecule has 3 aliphatic carbocycles. The smallest absolute Gasteiger partial charge is 0.194 e. The molecule has 26 heavy (non-hydrogen) atoms. The van der Waals surface area contributed by atoms with Gasteiger partial charge in [-0.2, -0.15) is 0 Å². The van der Waals surface area contributed by atoms with Crippen LogP contribution in [0.3, 0.4) is 0 Å². The van der Waals surface area contributed by atoms with E-state index in [0.29, 0.717) is 54.6 Å². The maximum absolute atomic E-state index is 13.4. The summed E-state index contributed by atoms with van der Waals surface area (Å²) < 4.78 is 6.03. The Morgan fingerprint density at radius 2 is 1.54 bits per heavy atom. The molecule has 2 atom stereocenters. The molecule has 1 saturated carbocycles. The van der Waals surface area contributed by atoms with Crippen molar-refractivity contribution in [2.45, 2.75) is 38.5 Å². The number of hydrogen-bond donors (Lipinski definition) is 0. The summed E-state index contributed by atoms with van der Waals surface area (Å²) in [5, 5.41) is 0. The number of benzene rings is 1. The average molecular weight is 348 g/mol. The number of hydrogen-bond acceptors (Lipinski definition) is 4. The molecule has 1 aromatic rings. The van der Waals surface area contributed by atoms with Gasteiger partial charge in [0.1, 0.15) is 11.5 Å². The third-order valence-electron chi connectivity index (χ3n) is 6.25. The van der Waals surface area contributed by atoms with Crippen LogP contribution in [0.1, 0.15) is 59.2 Å². The van der Waals surface area contributed by atoms with Crippen molar-refractivity contribution in [3.63, 3.8) is 0 Å². The van der Waals surface area contributed by atoms with E-state index in [4.69, 9.17) is 4.74 Å². The van der Waals surface area contributed by atoms with Crippen molar-refractivity contribution in [2.24, 2.45) is 11.8 Å². The summed E-state index contributed by atoms with van der Waals surface area (Å²) in [4.78, 5) is 38.7. The minimum Gasteiger partial charge on any atom is -0.497 e. The number of ether oxygens (including phenoxy) is 1. The summed E-state index contributed by atoms with van der Waals surface area (Å²) >= 11 is 0. The van der Waals surface area contributed by atoms with Crippen LogP contribution in [0.5, 0.6) is 0 Å². The number of fused-ring (bicyclic) bond motifs is 5. The standard InChI is InChI=1S/C22H20O4/c23-12-7-9-13-16(10-8-12)22-17(6-3-11-26-22)19-18(13)20(24)14-4-1-2-5-15(14)21(19)25/h1-2,4-5,13,16H,3,6-11H2. The second-order valence-electron chi connectivity index (χ2n) is 7.62. The lowest BCUT2D eigenvalue weighted by atomic mass is 9.65. The van der Waals surface area contributed by atoms with Gasteiger partial charge >= 0.3 is 0 Å². The molecule has 0 radical (unpaired) electrons. The molecular weight excluding hydrogens is 328 g/mol. The molecule has 4 aliphatic rings. The maximum Gasteiger partial charge on any atom is 0.194 e. The van der Waals surface area contributed by atoms with E-state index in [1.165, 1.54) is 0 Å². The monoisotopic (exact) mass is 348 g/mol. The fourth-order valence-corrected chi connectivity index (χ4v) is 5.09. The van der Waals surface area contributed by atoms with Crippen LogP contribution in [0.2, 0.25) is 0 Å². The number of carbonyl (C=O) groups excluding carboxylic acids is 3. The molecule has 4 heteroatoms. The Balaban J connectivity index is 1.75. The van der Waals surface area contributed by atoms with E-state index in [1.807, 2.05) is 0 Å². The van der Waals surface area contributed by atoms with Crippen LogP contribution in [0.15, 0.2) is 46.7 Å². The summed E-state index contributed by atoms with van der Waals surface area (Å²) in [5.41, 5.74) is 3.16. The molecule has 132 valence electrons. The number of rotatable bonds is 0. The van der Waals surface area contributed by atoms with Gasteiger partial charge < -0.3 is 4.74 Å². The predicted molar refractivity (Wildman–Crippen MR) is 94.8 cm³/mol. The molecule has 0 bridgehead atoms. The van der Waals surface area contributed by atoms with Crippen molar-refractivity contribution in [1.82, 2.24) is 0 Å². The lowest BCUT2D eigenvalue weighted by Gasteiger charge is -2.40. The molecule has 1 aliphatic heterocycles. The summed E-state index contributed by atoms with van der Waals surface area (Å²) in [6, 6.07) is 7.10. The van der Waals surface area contributed by atoms with Gasteiger partial charge in [-0.05, 0) is 31.6 Å². The van der Waals surface area contributed by atoms with Gasteiger partial charge in [-0.15, -0.1) is 0 Å². The van der Waals surface area contributed by atoms with Crippen LogP contribution in [0.25, 0.3) is 0 Å². The van der Waals surface area contributed by atoms with E-state index >= 15 is 0 Å². The molecule has 0 amide bonds. The second-order valence-corrected chi connectivity index (χ2v) is 7.62. The largest absolute Gasteiger partial charge is 0.497 e. The van der Waals surface area contributed by atoms with Crippen LogP contribution in [-0.2, 0) is 9.53 Å². The molecule has 5 rings (SSSR count). The van der Waals surface area contributed by atoms with Crippen molar-refractivity contribution >= 4 is 17.3 Å². The van der Waals surface area contributed by atoms with E-state index in [9.17, 15) is 14.4 Å². The van der Waals surface area contributed by atoms with Gasteiger partial charge in [0.25, 0.3) is 0 Å². The molecular formula is C22H20O4. The first-order valence-electron chi connectivity index (χ1n) is 9.47. The highest BCUT2D eigenvalue weighted by atomic mass is 16.5. The molecule has 0 aromatic heterocycles. The Morgan fingerprint density at radius 3 is 2.31 bits per heavy atom. The molecule has 0 N–H and O–H groups in total. The summed E-state index contributed by atoms with van der Waals surface area (Å²) in [6.45, 7) is 0.650. The van der Waals surface area contributed by atoms with Crippen LogP contribution in [-0.4, -0.2) is 24.0 Å². The Kier molecular flexibility index (Phi) is 3.49. The van der Waals surface area contributed by atoms with Crippen molar-refractivity contribution in [3.8, 4) is 0 Å². The van der Waals surface area contributed by atoms with E-state index < -0.39 is 0 Å². The first-order chi connectivity index (χ1) is 12.7. The van der Waals surface area contributed by atoms with Crippen molar-refractivity contribution in [3.05, 3.63) is 57.9 Å². The lowest BCUT2D eigenvalue weighted by molar-refractivity contribution is -0.119. The van der Waals surface area contributed by atoms with Crippen LogP contribution >= 0.6 is 0 Å². The molecule has 1 heterocycles. The van der Waals surface area contributed by atoms with Gasteiger partial charge in [-0.25, -0.2) is 0 Å². The highest BCUT2D eigenvalue weighted by Gasteiger charge is 2.47. The third kappa shape index (κ3) is 2.11. The summed E-state index contributed by atoms with van der Waals surface area (Å²) in [6.07, 6.45) is 3.97. The Bertz CT molecular complexity index is 918. The average Bonchev–Trinajstić information content (AvgIpc) is 2.87. The van der Waals surface area contributed by atoms with Gasteiger partial charge in [-0.3, -0.25) is 14.4 Å². The van der Waals surface area contributed by atoms with Gasteiger partial charge in [0.2, 0.25) is 0 Å². The number of ketones is 3. The molecule has 1 fully saturated rings. The normalized spacial score (nSPS) is 27.9. The van der Waals surface area contributed by atoms with Crippen LogP contribution in [0, 0.1) is 11.8 Å². The van der Waals surface area contributed by atoms with Crippen molar-refractivity contribution in [2.75, 3.05) is 6.61 Å². The number of carbonyl (C=O) groups is 3. The summed E-state index contributed by atoms with van der Waals surface area (Å²) in [5.74, 6) is 1.01. The minimum absolute atomic E-state index is 0.0309. The maximum atomic E-state index is 13.4. The molecule has 2 unspecified atom stereocenters. The highest BCUT2D eigenvalue weighted by Crippen LogP contribution is 2.50. The zero-order chi connectivity index (χ0) is 17.8. The predicted octanol–water partition coefficient (Wildman–Crippen LogP) is 3.82. The first-order valence-corrected chi connectivity index (χ1v) is 9.47. The van der Waals surface area contributed by atoms with Gasteiger partial charge in [0, 0.05) is 46.6 Å². The quantitative estimate of drug-likeness (QED) is 0.715. The molecule has 4 nitrogen and oxygen atoms in total. The van der Waals surface area contributed by atoms with E-state index in [1.54, 1.807) is 24.3 Å². The first kappa shape index (κ1) is 15.7. The topological polar surface area (TPSA) is 60.4 Å². The van der Waals surface area contributed by atoms with Crippen molar-refractivity contribution in [1.29, 1.82) is 0 Å². The number of Topliss-reactive ketones (excluding diaryl/α,β-unsaturated/α-hetero) is 3. The number of allylic oxidation sites excluding steroid dienone is 4. The fraction of sp³-hybridized carbons (Fsp3) is 0.409. The zero-order valence-corrected chi connectivity index (χ0v) is 14.5. The van der Waals surface area contributed by atoms with Gasteiger partial charge in [-0.1, -0.05) is 24.3 Å². The van der Waals surface area contributed by atoms with E-state index in [0.717, 1.165) is 24.2 Å². The van der Waals surface area contributed by atoms with Gasteiger partial charge in [0.15, 0.2) is 11.6 Å². The minimum atomic E-state index is -0.0851. The molecule has 0 saturated heterocycles. The Labute approximate surface area is 151 Å². The van der Waals surface area contributed by atoms with Gasteiger partial charge in [0.05, 0.1) is 6.61 Å². The lowest BCUT2D eigenvalue weighted by Crippen LogP contribution is -2.36. The molecule has 0 spiro atoms.